The molecule has 0 aliphatic carbocycles. The number of hydrogen-bond donors (Lipinski definition) is 1. The summed E-state index contributed by atoms with van der Waals surface area (Å²) in [5.41, 5.74) is 6.45. The van der Waals surface area contributed by atoms with Crippen molar-refractivity contribution in [3.05, 3.63) is 51.2 Å². The summed E-state index contributed by atoms with van der Waals surface area (Å²) in [6, 6.07) is 5.00. The van der Waals surface area contributed by atoms with Gasteiger partial charge in [-0.15, -0.1) is 0 Å². The first-order chi connectivity index (χ1) is 8.06. The van der Waals surface area contributed by atoms with Gasteiger partial charge in [0.2, 0.25) is 5.91 Å². The molecule has 4 nitrogen and oxygen atoms in total. The maximum atomic E-state index is 11.0. The summed E-state index contributed by atoms with van der Waals surface area (Å²) in [5, 5.41) is 4.64. The Morgan fingerprint density at radius 3 is 2.82 bits per heavy atom. The average Bonchev–Trinajstić information content (AvgIpc) is 2.67. The fraction of sp³-hybridized carbons (Fsp3) is 0.0909. The van der Waals surface area contributed by atoms with Crippen molar-refractivity contribution in [3.8, 4) is 0 Å². The highest BCUT2D eigenvalue weighted by Gasteiger charge is 2.06. The Balaban J connectivity index is 2.25. The third kappa shape index (κ3) is 2.87. The van der Waals surface area contributed by atoms with E-state index in [4.69, 9.17) is 17.3 Å². The van der Waals surface area contributed by atoms with Crippen molar-refractivity contribution in [1.29, 1.82) is 0 Å². The van der Waals surface area contributed by atoms with Gasteiger partial charge in [0.05, 0.1) is 17.2 Å². The molecule has 0 bridgehead atoms. The highest BCUT2D eigenvalue weighted by molar-refractivity contribution is 9.10. The highest BCUT2D eigenvalue weighted by Crippen LogP contribution is 2.19. The van der Waals surface area contributed by atoms with Crippen molar-refractivity contribution in [2.45, 2.75) is 6.54 Å². The lowest BCUT2D eigenvalue weighted by molar-refractivity contribution is 0.100. The quantitative estimate of drug-likeness (QED) is 0.946. The number of primary amides is 1. The predicted octanol–water partition coefficient (Wildman–Crippen LogP) is 2.45. The van der Waals surface area contributed by atoms with Gasteiger partial charge in [0.1, 0.15) is 0 Å². The summed E-state index contributed by atoms with van der Waals surface area (Å²) in [7, 11) is 0. The minimum atomic E-state index is -0.486. The van der Waals surface area contributed by atoms with Crippen LogP contribution in [0.25, 0.3) is 0 Å². The second kappa shape index (κ2) is 4.89. The van der Waals surface area contributed by atoms with Gasteiger partial charge in [0, 0.05) is 16.8 Å². The molecule has 6 heteroatoms. The smallest absolute Gasteiger partial charge is 0.248 e. The number of amides is 1. The van der Waals surface area contributed by atoms with E-state index in [9.17, 15) is 4.79 Å². The minimum absolute atomic E-state index is 0.403. The van der Waals surface area contributed by atoms with Crippen LogP contribution in [0.1, 0.15) is 15.9 Å². The summed E-state index contributed by atoms with van der Waals surface area (Å²) in [6.45, 7) is 0.545. The number of benzene rings is 1. The number of nitrogens with zero attached hydrogens (tertiary/aromatic N) is 2. The van der Waals surface area contributed by atoms with Crippen molar-refractivity contribution < 1.29 is 4.79 Å². The maximum Gasteiger partial charge on any atom is 0.248 e. The van der Waals surface area contributed by atoms with E-state index >= 15 is 0 Å². The molecule has 0 saturated heterocycles. The van der Waals surface area contributed by atoms with Gasteiger partial charge < -0.3 is 5.73 Å². The molecule has 2 aromatic rings. The standard InChI is InChI=1S/C11H9BrClN3O/c12-9-4-15-16(6-9)5-8-2-1-7(11(14)17)3-10(8)13/h1-4,6H,5H2,(H2,14,17). The molecule has 88 valence electrons. The van der Waals surface area contributed by atoms with E-state index < -0.39 is 5.91 Å². The molecular weight excluding hydrogens is 305 g/mol. The molecule has 1 amide bonds. The van der Waals surface area contributed by atoms with Gasteiger partial charge in [0.25, 0.3) is 0 Å². The van der Waals surface area contributed by atoms with Crippen molar-refractivity contribution in [3.63, 3.8) is 0 Å². The first kappa shape index (κ1) is 12.1. The van der Waals surface area contributed by atoms with E-state index in [0.29, 0.717) is 17.1 Å². The fourth-order valence-corrected chi connectivity index (χ4v) is 2.00. The zero-order valence-electron chi connectivity index (χ0n) is 8.73. The van der Waals surface area contributed by atoms with E-state index in [1.807, 2.05) is 6.20 Å². The van der Waals surface area contributed by atoms with E-state index in [0.717, 1.165) is 10.0 Å². The summed E-state index contributed by atoms with van der Waals surface area (Å²) in [6.07, 6.45) is 3.55. The Morgan fingerprint density at radius 2 is 2.29 bits per heavy atom. The Labute approximate surface area is 111 Å². The van der Waals surface area contributed by atoms with E-state index in [1.54, 1.807) is 29.1 Å². The molecule has 0 aliphatic heterocycles. The molecule has 1 aromatic heterocycles. The summed E-state index contributed by atoms with van der Waals surface area (Å²) in [4.78, 5) is 11.0. The summed E-state index contributed by atoms with van der Waals surface area (Å²) < 4.78 is 2.65. The molecule has 0 aliphatic rings. The van der Waals surface area contributed by atoms with Gasteiger partial charge in [-0.05, 0) is 33.6 Å². The normalized spacial score (nSPS) is 10.5. The Hall–Kier alpha value is -1.33. The van der Waals surface area contributed by atoms with Crippen molar-refractivity contribution in [2.75, 3.05) is 0 Å². The molecule has 2 N–H and O–H groups in total. The maximum absolute atomic E-state index is 11.0. The van der Waals surface area contributed by atoms with E-state index in [2.05, 4.69) is 21.0 Å². The third-order valence-electron chi connectivity index (χ3n) is 2.27. The molecule has 0 saturated carbocycles. The lowest BCUT2D eigenvalue weighted by atomic mass is 10.1. The van der Waals surface area contributed by atoms with Crippen LogP contribution in [0.15, 0.2) is 35.1 Å². The number of rotatable bonds is 3. The molecular formula is C11H9BrClN3O. The Bertz CT molecular complexity index is 568. The molecule has 17 heavy (non-hydrogen) atoms. The van der Waals surface area contributed by atoms with Crippen LogP contribution in [-0.2, 0) is 6.54 Å². The Morgan fingerprint density at radius 1 is 1.53 bits per heavy atom. The topological polar surface area (TPSA) is 60.9 Å². The lowest BCUT2D eigenvalue weighted by Crippen LogP contribution is -2.11. The number of carbonyl (C=O) groups is 1. The van der Waals surface area contributed by atoms with E-state index in [1.165, 1.54) is 0 Å². The Kier molecular flexibility index (Phi) is 3.49. The predicted molar refractivity (Wildman–Crippen MR) is 69.0 cm³/mol. The largest absolute Gasteiger partial charge is 0.366 e. The SMILES string of the molecule is NC(=O)c1ccc(Cn2cc(Br)cn2)c(Cl)c1. The minimum Gasteiger partial charge on any atom is -0.366 e. The third-order valence-corrected chi connectivity index (χ3v) is 3.03. The van der Waals surface area contributed by atoms with E-state index in [-0.39, 0.29) is 0 Å². The van der Waals surface area contributed by atoms with Crippen LogP contribution in [0.5, 0.6) is 0 Å². The molecule has 2 rings (SSSR count). The van der Waals surface area contributed by atoms with Crippen LogP contribution >= 0.6 is 27.5 Å². The van der Waals surface area contributed by atoms with Crippen LogP contribution in [0.3, 0.4) is 0 Å². The van der Waals surface area contributed by atoms with Crippen LogP contribution in [0, 0.1) is 0 Å². The average molecular weight is 315 g/mol. The molecule has 0 unspecified atom stereocenters. The van der Waals surface area contributed by atoms with Crippen LogP contribution in [0.4, 0.5) is 0 Å². The van der Waals surface area contributed by atoms with Gasteiger partial charge in [-0.3, -0.25) is 9.48 Å². The first-order valence-electron chi connectivity index (χ1n) is 4.82. The first-order valence-corrected chi connectivity index (χ1v) is 5.99. The van der Waals surface area contributed by atoms with Crippen molar-refractivity contribution >= 4 is 33.4 Å². The number of aromatic nitrogens is 2. The second-order valence-electron chi connectivity index (χ2n) is 3.53. The van der Waals surface area contributed by atoms with Gasteiger partial charge >= 0.3 is 0 Å². The van der Waals surface area contributed by atoms with Gasteiger partial charge in [-0.1, -0.05) is 17.7 Å². The van der Waals surface area contributed by atoms with Crippen LogP contribution in [0.2, 0.25) is 5.02 Å². The molecule has 0 atom stereocenters. The molecule has 0 spiro atoms. The van der Waals surface area contributed by atoms with Crippen LogP contribution in [-0.4, -0.2) is 15.7 Å². The molecule has 1 aromatic carbocycles. The van der Waals surface area contributed by atoms with Gasteiger partial charge in [-0.2, -0.15) is 5.10 Å². The van der Waals surface area contributed by atoms with Crippen molar-refractivity contribution in [1.82, 2.24) is 9.78 Å². The second-order valence-corrected chi connectivity index (χ2v) is 4.85. The number of carbonyl (C=O) groups excluding carboxylic acids is 1. The van der Waals surface area contributed by atoms with Crippen LogP contribution < -0.4 is 5.73 Å². The number of nitrogens with two attached hydrogens (primary N) is 1. The monoisotopic (exact) mass is 313 g/mol. The van der Waals surface area contributed by atoms with Gasteiger partial charge in [0.15, 0.2) is 0 Å². The zero-order chi connectivity index (χ0) is 12.4. The fourth-order valence-electron chi connectivity index (χ4n) is 1.43. The molecule has 0 radical (unpaired) electrons. The highest BCUT2D eigenvalue weighted by atomic mass is 79.9. The lowest BCUT2D eigenvalue weighted by Gasteiger charge is -2.05. The number of halogens is 2. The summed E-state index contributed by atoms with van der Waals surface area (Å²) in [5.74, 6) is -0.486. The number of hydrogen-bond acceptors (Lipinski definition) is 2. The van der Waals surface area contributed by atoms with Gasteiger partial charge in [-0.25, -0.2) is 0 Å². The zero-order valence-corrected chi connectivity index (χ0v) is 11.1. The van der Waals surface area contributed by atoms with Crippen molar-refractivity contribution in [2.24, 2.45) is 5.73 Å². The molecule has 0 fully saturated rings. The summed E-state index contributed by atoms with van der Waals surface area (Å²) >= 11 is 9.39. The molecule has 1 heterocycles.